The van der Waals surface area contributed by atoms with Crippen molar-refractivity contribution in [2.24, 2.45) is 12.0 Å². The van der Waals surface area contributed by atoms with Crippen LogP contribution in [-0.4, -0.2) is 79.3 Å². The van der Waals surface area contributed by atoms with Gasteiger partial charge in [0, 0.05) is 46.0 Å². The van der Waals surface area contributed by atoms with Gasteiger partial charge in [0.1, 0.15) is 6.54 Å². The maximum absolute atomic E-state index is 11.7. The number of aryl methyl sites for hydroxylation is 1. The summed E-state index contributed by atoms with van der Waals surface area (Å²) >= 11 is 0. The average molecular weight is 323 g/mol. The van der Waals surface area contributed by atoms with Crippen LogP contribution in [0.2, 0.25) is 0 Å². The minimum atomic E-state index is -0.0291. The maximum Gasteiger partial charge on any atom is 0.243 e. The molecule has 1 unspecified atom stereocenters. The van der Waals surface area contributed by atoms with Gasteiger partial charge in [0.25, 0.3) is 0 Å². The number of guanidine groups is 1. The Morgan fingerprint density at radius 2 is 2.04 bits per heavy atom. The Morgan fingerprint density at radius 1 is 1.35 bits per heavy atom. The summed E-state index contributed by atoms with van der Waals surface area (Å²) < 4.78 is 1.79. The molecule has 0 aromatic carbocycles. The minimum Gasteiger partial charge on any atom is -0.357 e. The van der Waals surface area contributed by atoms with E-state index in [-0.39, 0.29) is 18.5 Å². The van der Waals surface area contributed by atoms with Gasteiger partial charge in [0.2, 0.25) is 5.91 Å². The Kier molecular flexibility index (Phi) is 7.53. The Morgan fingerprint density at radius 3 is 2.52 bits per heavy atom. The molecule has 1 aromatic heterocycles. The molecule has 23 heavy (non-hydrogen) atoms. The number of carbonyl (C=O) groups is 1. The van der Waals surface area contributed by atoms with Gasteiger partial charge in [-0.1, -0.05) is 0 Å². The van der Waals surface area contributed by atoms with Gasteiger partial charge in [0.15, 0.2) is 5.96 Å². The summed E-state index contributed by atoms with van der Waals surface area (Å²) in [6, 6.07) is 0.164. The molecule has 0 bridgehead atoms. The molecule has 0 spiro atoms. The number of carbonyl (C=O) groups excluding carboxylic acids is 1. The highest BCUT2D eigenvalue weighted by molar-refractivity contribution is 5.84. The van der Waals surface area contributed by atoms with Crippen LogP contribution in [0.4, 0.5) is 0 Å². The third-order valence-corrected chi connectivity index (χ3v) is 3.41. The first-order chi connectivity index (χ1) is 10.8. The van der Waals surface area contributed by atoms with Crippen molar-refractivity contribution in [2.75, 3.05) is 47.8 Å². The van der Waals surface area contributed by atoms with Crippen molar-refractivity contribution in [2.45, 2.75) is 13.0 Å². The van der Waals surface area contributed by atoms with E-state index in [1.54, 1.807) is 18.8 Å². The van der Waals surface area contributed by atoms with Gasteiger partial charge in [0.05, 0.1) is 12.2 Å². The van der Waals surface area contributed by atoms with Gasteiger partial charge >= 0.3 is 0 Å². The highest BCUT2D eigenvalue weighted by Gasteiger charge is 2.16. The number of hydrogen-bond donors (Lipinski definition) is 2. The normalized spacial score (nSPS) is 13.1. The molecule has 1 rings (SSSR count). The van der Waals surface area contributed by atoms with Gasteiger partial charge in [-0.05, 0) is 21.0 Å². The molecule has 1 aromatic rings. The topological polar surface area (TPSA) is 77.8 Å². The summed E-state index contributed by atoms with van der Waals surface area (Å²) in [5.74, 6) is 0.608. The largest absolute Gasteiger partial charge is 0.357 e. The van der Waals surface area contributed by atoms with Crippen LogP contribution in [0.25, 0.3) is 0 Å². The summed E-state index contributed by atoms with van der Waals surface area (Å²) in [5.41, 5.74) is 1.13. The molecule has 0 fully saturated rings. The fourth-order valence-electron chi connectivity index (χ4n) is 2.03. The van der Waals surface area contributed by atoms with E-state index in [0.29, 0.717) is 12.5 Å². The standard InChI is InChI=1S/C15H29N7O/c1-7-16-15(18-10-14(23)21(4)5)17-9-13(20(2)3)12-8-19-22(6)11-12/h8,11,13H,7,9-10H2,1-6H3,(H2,16,17,18). The molecule has 0 saturated carbocycles. The number of rotatable bonds is 7. The third-order valence-electron chi connectivity index (χ3n) is 3.41. The zero-order valence-electron chi connectivity index (χ0n) is 15.0. The maximum atomic E-state index is 11.7. The molecule has 0 aliphatic heterocycles. The first-order valence-corrected chi connectivity index (χ1v) is 7.72. The molecule has 1 amide bonds. The highest BCUT2D eigenvalue weighted by Crippen LogP contribution is 2.15. The zero-order chi connectivity index (χ0) is 17.4. The van der Waals surface area contributed by atoms with E-state index < -0.39 is 0 Å². The number of nitrogens with one attached hydrogen (secondary N) is 2. The van der Waals surface area contributed by atoms with Crippen LogP contribution < -0.4 is 10.6 Å². The van der Waals surface area contributed by atoms with Crippen LogP contribution in [0.3, 0.4) is 0 Å². The lowest BCUT2D eigenvalue weighted by atomic mass is 10.1. The van der Waals surface area contributed by atoms with Crippen molar-refractivity contribution in [3.05, 3.63) is 18.0 Å². The average Bonchev–Trinajstić information content (AvgIpc) is 2.90. The van der Waals surface area contributed by atoms with E-state index in [9.17, 15) is 4.79 Å². The monoisotopic (exact) mass is 323 g/mol. The van der Waals surface area contributed by atoms with E-state index >= 15 is 0 Å². The van der Waals surface area contributed by atoms with Gasteiger partial charge < -0.3 is 20.4 Å². The van der Waals surface area contributed by atoms with Gasteiger partial charge in [-0.15, -0.1) is 0 Å². The predicted octanol–water partition coefficient (Wildman–Crippen LogP) is -0.334. The first-order valence-electron chi connectivity index (χ1n) is 7.72. The van der Waals surface area contributed by atoms with E-state index in [1.807, 2.05) is 40.5 Å². The number of hydrogen-bond acceptors (Lipinski definition) is 4. The van der Waals surface area contributed by atoms with Crippen LogP contribution in [0.5, 0.6) is 0 Å². The Labute approximate surface area is 138 Å². The van der Waals surface area contributed by atoms with E-state index in [0.717, 1.165) is 12.1 Å². The SMILES string of the molecule is CCNC(=NCC(=O)N(C)C)NCC(c1cnn(C)c1)N(C)C. The van der Waals surface area contributed by atoms with Crippen LogP contribution in [0, 0.1) is 0 Å². The summed E-state index contributed by atoms with van der Waals surface area (Å²) in [6.07, 6.45) is 3.87. The van der Waals surface area contributed by atoms with E-state index in [2.05, 4.69) is 25.6 Å². The number of amides is 1. The number of likely N-dealkylation sites (N-methyl/N-ethyl adjacent to an activating group) is 2. The Balaban J connectivity index is 2.71. The lowest BCUT2D eigenvalue weighted by Gasteiger charge is -2.24. The van der Waals surface area contributed by atoms with Gasteiger partial charge in [-0.2, -0.15) is 5.10 Å². The molecule has 130 valence electrons. The first kappa shape index (κ1) is 19.0. The lowest BCUT2D eigenvalue weighted by molar-refractivity contribution is -0.127. The van der Waals surface area contributed by atoms with E-state index in [4.69, 9.17) is 0 Å². The van der Waals surface area contributed by atoms with E-state index in [1.165, 1.54) is 4.90 Å². The van der Waals surface area contributed by atoms with Crippen molar-refractivity contribution in [3.8, 4) is 0 Å². The predicted molar refractivity (Wildman–Crippen MR) is 92.3 cm³/mol. The van der Waals surface area contributed by atoms with Crippen molar-refractivity contribution in [1.82, 2.24) is 30.2 Å². The second-order valence-electron chi connectivity index (χ2n) is 5.79. The smallest absolute Gasteiger partial charge is 0.243 e. The quantitative estimate of drug-likeness (QED) is 0.530. The number of nitrogens with zero attached hydrogens (tertiary/aromatic N) is 5. The summed E-state index contributed by atoms with van der Waals surface area (Å²) in [7, 11) is 9.41. The van der Waals surface area contributed by atoms with Crippen LogP contribution >= 0.6 is 0 Å². The molecule has 0 radical (unpaired) electrons. The summed E-state index contributed by atoms with van der Waals surface area (Å²) in [5, 5.41) is 10.7. The molecule has 1 atom stereocenters. The van der Waals surface area contributed by atoms with Crippen molar-refractivity contribution < 1.29 is 4.79 Å². The van der Waals surface area contributed by atoms with Crippen LogP contribution in [0.1, 0.15) is 18.5 Å². The zero-order valence-corrected chi connectivity index (χ0v) is 15.0. The molecule has 2 N–H and O–H groups in total. The molecule has 0 saturated heterocycles. The number of aromatic nitrogens is 2. The van der Waals surface area contributed by atoms with Crippen LogP contribution in [-0.2, 0) is 11.8 Å². The van der Waals surface area contributed by atoms with Gasteiger partial charge in [-0.3, -0.25) is 9.48 Å². The van der Waals surface area contributed by atoms with Crippen molar-refractivity contribution in [3.63, 3.8) is 0 Å². The summed E-state index contributed by atoms with van der Waals surface area (Å²) in [6.45, 7) is 3.53. The second-order valence-corrected chi connectivity index (χ2v) is 5.79. The minimum absolute atomic E-state index is 0.0291. The Hall–Kier alpha value is -2.09. The molecule has 1 heterocycles. The number of aliphatic imine (C=N–C) groups is 1. The fourth-order valence-corrected chi connectivity index (χ4v) is 2.03. The molecule has 8 nitrogen and oxygen atoms in total. The molecular weight excluding hydrogens is 294 g/mol. The van der Waals surface area contributed by atoms with Crippen LogP contribution in [0.15, 0.2) is 17.4 Å². The lowest BCUT2D eigenvalue weighted by Crippen LogP contribution is -2.42. The van der Waals surface area contributed by atoms with Crippen molar-refractivity contribution >= 4 is 11.9 Å². The molecule has 0 aliphatic rings. The summed E-state index contributed by atoms with van der Waals surface area (Å²) in [4.78, 5) is 19.7. The molecular formula is C15H29N7O. The second kappa shape index (κ2) is 9.14. The van der Waals surface area contributed by atoms with Crippen molar-refractivity contribution in [1.29, 1.82) is 0 Å². The van der Waals surface area contributed by atoms with Gasteiger partial charge in [-0.25, -0.2) is 4.99 Å². The molecule has 8 heteroatoms. The molecule has 0 aliphatic carbocycles. The highest BCUT2D eigenvalue weighted by atomic mass is 16.2. The fraction of sp³-hybridized carbons (Fsp3) is 0.667. The Bertz CT molecular complexity index is 522. The third kappa shape index (κ3) is 6.27.